The molecule has 44 heteroatoms. The van der Waals surface area contributed by atoms with Crippen molar-refractivity contribution in [1.29, 1.82) is 0 Å². The summed E-state index contributed by atoms with van der Waals surface area (Å²) in [6.07, 6.45) is -0.981. The number of nitrogen functional groups attached to an aromatic ring is 1. The summed E-state index contributed by atoms with van der Waals surface area (Å²) < 4.78 is 66.0. The number of ether oxygens (including phenoxy) is 9. The number of anilines is 3. The number of carbonyl (C=O) groups is 10. The highest BCUT2D eigenvalue weighted by Gasteiger charge is 2.32. The fourth-order valence-corrected chi connectivity index (χ4v) is 15.7. The van der Waals surface area contributed by atoms with Gasteiger partial charge in [0.2, 0.25) is 5.82 Å². The van der Waals surface area contributed by atoms with Crippen LogP contribution >= 0.6 is 0 Å². The van der Waals surface area contributed by atoms with Gasteiger partial charge < -0.3 is 102 Å². The Bertz CT molecular complexity index is 6280. The predicted molar refractivity (Wildman–Crippen MR) is 507 cm³/mol. The molecule has 7 aromatic carbocycles. The normalized spacial score (nSPS) is 14.0. The lowest BCUT2D eigenvalue weighted by atomic mass is 10.1. The number of aromatic carboxylic acids is 1. The number of hydrogen-bond acceptors (Lipinski definition) is 33. The number of carboxylic acids is 1. The van der Waals surface area contributed by atoms with Crippen LogP contribution in [0.2, 0.25) is 0 Å². The van der Waals surface area contributed by atoms with Crippen LogP contribution in [0.15, 0.2) is 127 Å². The van der Waals surface area contributed by atoms with Gasteiger partial charge in [-0.05, 0) is 185 Å². The summed E-state index contributed by atoms with van der Waals surface area (Å²) in [6.45, 7) is 32.5. The largest absolute Gasteiger partial charge is 0.478 e. The van der Waals surface area contributed by atoms with Gasteiger partial charge in [-0.2, -0.15) is 4.39 Å². The lowest BCUT2D eigenvalue weighted by Gasteiger charge is -2.36. The molecule has 2 saturated heterocycles. The molecule has 0 atom stereocenters. The number of esters is 6. The first kappa shape index (κ1) is 104. The zero-order valence-electron chi connectivity index (χ0n) is 79.1. The third-order valence-corrected chi connectivity index (χ3v) is 22.4. The first-order valence-electron chi connectivity index (χ1n) is 45.7. The predicted octanol–water partition coefficient (Wildman–Crippen LogP) is 11.7. The number of fused-ring (bicyclic) bond motifs is 12. The molecule has 10 heterocycles. The van der Waals surface area contributed by atoms with Crippen molar-refractivity contribution < 1.29 is 110 Å². The number of hydrogen-bond donors (Lipinski definition) is 4. The highest BCUT2D eigenvalue weighted by atomic mass is 19.1. The van der Waals surface area contributed by atoms with E-state index in [1.165, 1.54) is 12.1 Å². The van der Waals surface area contributed by atoms with Crippen molar-refractivity contribution in [3.05, 3.63) is 216 Å². The number of carbonyl (C=O) groups excluding carboxylic acids is 9. The molecule has 0 bridgehead atoms. The minimum atomic E-state index is -0.979. The Labute approximate surface area is 798 Å². The molecular weight excluding hydrogens is 1810 g/mol. The molecule has 6 aliphatic heterocycles. The van der Waals surface area contributed by atoms with Gasteiger partial charge in [0.05, 0.1) is 190 Å². The molecule has 0 aliphatic carbocycles. The SMILES string of the molecule is CCOC(=O)c1ccc(F)c([N+](=O)[O-])c1.CCOC(=O)c1ccc(N2CCN(C(=O)OCC)CC2)c(N)c1.CCOC(=O)c1ccc(N2CCN(C(=O)OCC)CC2)c([N+](=O)[O-])c1.CCOC(=O)c1ccc2c(c1)nc1n2CCN(C(=O)OCC)C1.CCOC(=O)c1ccc2c(c1)nc1n2CCN(C)C1.CCOC(=O)c1ccc2c(c1)nc1n2CCNC1.O=C(O)c1ccc2c(c1)nc1n2CCNC1. The van der Waals surface area contributed by atoms with E-state index in [1.54, 1.807) is 125 Å². The van der Waals surface area contributed by atoms with E-state index in [1.807, 2.05) is 54.3 Å². The Balaban J connectivity index is 0.000000156. The second-order valence-electron chi connectivity index (χ2n) is 31.4. The minimum absolute atomic E-state index is 0.0371. The van der Waals surface area contributed by atoms with E-state index in [9.17, 15) is 72.6 Å². The number of imidazole rings is 4. The Morgan fingerprint density at radius 1 is 0.360 bits per heavy atom. The average molecular weight is 1930 g/mol. The van der Waals surface area contributed by atoms with Gasteiger partial charge in [0.1, 0.15) is 29.0 Å². The molecule has 43 nitrogen and oxygen atoms in total. The van der Waals surface area contributed by atoms with Crippen LogP contribution in [0.1, 0.15) is 158 Å². The third-order valence-electron chi connectivity index (χ3n) is 22.4. The number of aromatic nitrogens is 8. The molecular formula is C95H114FN19O24. The number of nitrogens with two attached hydrogens (primary N) is 1. The Hall–Kier alpha value is -15.5. The summed E-state index contributed by atoms with van der Waals surface area (Å²) in [7, 11) is 2.09. The summed E-state index contributed by atoms with van der Waals surface area (Å²) in [5.74, 6) is -0.641. The first-order chi connectivity index (χ1) is 67.0. The third kappa shape index (κ3) is 26.6. The van der Waals surface area contributed by atoms with Gasteiger partial charge in [-0.25, -0.2) is 67.9 Å². The molecule has 0 radical (unpaired) electrons. The van der Waals surface area contributed by atoms with E-state index < -0.39 is 39.3 Å². The Kier molecular flexibility index (Phi) is 37.3. The number of likely N-dealkylation sites (N-methyl/N-ethyl adjacent to an activating group) is 1. The lowest BCUT2D eigenvalue weighted by molar-refractivity contribution is -0.387. The van der Waals surface area contributed by atoms with Gasteiger partial charge in [0.15, 0.2) is 0 Å². The van der Waals surface area contributed by atoms with Crippen LogP contribution in [0.25, 0.3) is 44.1 Å². The monoisotopic (exact) mass is 1920 g/mol. The molecule has 0 spiro atoms. The van der Waals surface area contributed by atoms with Crippen molar-refractivity contribution in [2.24, 2.45) is 0 Å². The fourth-order valence-electron chi connectivity index (χ4n) is 15.7. The molecule has 11 aromatic rings. The van der Waals surface area contributed by atoms with Crippen LogP contribution in [0.3, 0.4) is 0 Å². The van der Waals surface area contributed by atoms with Gasteiger partial charge in [0, 0.05) is 117 Å². The highest BCUT2D eigenvalue weighted by molar-refractivity contribution is 5.98. The molecule has 139 heavy (non-hydrogen) atoms. The number of carboxylic acid groups (broad SMARTS) is 1. The number of nitrogens with one attached hydrogen (secondary N) is 2. The molecule has 0 unspecified atom stereocenters. The molecule has 6 aliphatic rings. The number of piperazine rings is 2. The van der Waals surface area contributed by atoms with Gasteiger partial charge in [0.25, 0.3) is 5.69 Å². The molecule has 0 saturated carbocycles. The van der Waals surface area contributed by atoms with E-state index >= 15 is 0 Å². The molecule has 3 amide bonds. The zero-order valence-corrected chi connectivity index (χ0v) is 79.1. The average Bonchev–Trinajstić information content (AvgIpc) is 1.66. The Morgan fingerprint density at radius 3 is 1.04 bits per heavy atom. The molecule has 740 valence electrons. The second kappa shape index (κ2) is 49.9. The van der Waals surface area contributed by atoms with Crippen LogP contribution < -0.4 is 26.2 Å². The number of nitro groups is 2. The number of halogens is 1. The van der Waals surface area contributed by atoms with Crippen LogP contribution in [0.4, 0.5) is 47.2 Å². The number of amides is 3. The summed E-state index contributed by atoms with van der Waals surface area (Å²) in [5, 5.41) is 37.2. The van der Waals surface area contributed by atoms with Crippen LogP contribution in [0, 0.1) is 26.0 Å². The number of benzene rings is 7. The number of rotatable bonds is 20. The zero-order chi connectivity index (χ0) is 100. The quantitative estimate of drug-likeness (QED) is 0.0181. The summed E-state index contributed by atoms with van der Waals surface area (Å²) in [5.41, 5.74) is 16.8. The van der Waals surface area contributed by atoms with Crippen molar-refractivity contribution in [1.82, 2.24) is 68.4 Å². The molecule has 17 rings (SSSR count). The van der Waals surface area contributed by atoms with Gasteiger partial charge >= 0.3 is 65.8 Å². The van der Waals surface area contributed by atoms with Gasteiger partial charge in [-0.15, -0.1) is 0 Å². The topological polar surface area (TPSA) is 501 Å². The second-order valence-corrected chi connectivity index (χ2v) is 31.4. The number of nitrogens with zero attached hydrogens (tertiary/aromatic N) is 16. The summed E-state index contributed by atoms with van der Waals surface area (Å²) >= 11 is 0. The van der Waals surface area contributed by atoms with Gasteiger partial charge in [-0.1, -0.05) is 0 Å². The van der Waals surface area contributed by atoms with Crippen molar-refractivity contribution >= 4 is 133 Å². The van der Waals surface area contributed by atoms with Crippen LogP contribution in [-0.4, -0.2) is 278 Å². The molecule has 5 N–H and O–H groups in total. The Morgan fingerprint density at radius 2 is 0.662 bits per heavy atom. The van der Waals surface area contributed by atoms with Crippen molar-refractivity contribution in [2.45, 2.75) is 115 Å². The standard InChI is InChI=1S/C16H21N3O6.C16H19N3O4.C16H23N3O4.C14H17N3O2.C13H15N3O2.C11H11N3O2.C9H8FNO4/c1-3-24-15(20)12-5-6-13(14(11-12)19(22)23)17-7-9-18(10-8-17)16(21)25-4-2;1-3-22-15(20)11-5-6-13-12(9-11)17-14-10-18(7-8-19(13)14)16(21)23-4-2;1-3-22-15(20)12-5-6-14(13(17)11-12)18-7-9-19(10-8-18)16(21)23-4-2;1-3-19-14(18)10-4-5-12-11(8-10)15-13-9-16(2)6-7-17(12)13;1-2-18-13(17)9-3-4-11-10(7-9)15-12-8-14-5-6-16(11)12;15-11(16)7-1-2-9-8(5-7)13-10-6-12-3-4-14(9)10;1-2-15-9(12)6-3-4-7(10)8(5-6)11(13)14/h5-6,11H,3-4,7-10H2,1-2H3;5-6,9H,3-4,7-8,10H2,1-2H3;5-6,11H,3-4,7-10,17H2,1-2H3;4-5,8H,3,6-7,9H2,1-2H3;3-4,7,14H,2,5-6,8H2,1H3;1-2,5,12H,3-4,6H2,(H,15,16);3-5H,2H2,1H3. The molecule has 4 aromatic heterocycles. The van der Waals surface area contributed by atoms with Crippen molar-refractivity contribution in [2.75, 3.05) is 161 Å². The first-order valence-corrected chi connectivity index (χ1v) is 45.7. The van der Waals surface area contributed by atoms with E-state index in [0.29, 0.717) is 152 Å². The summed E-state index contributed by atoms with van der Waals surface area (Å²) in [6, 6.07) is 33.9. The minimum Gasteiger partial charge on any atom is -0.478 e. The van der Waals surface area contributed by atoms with Crippen LogP contribution in [0.5, 0.6) is 0 Å². The van der Waals surface area contributed by atoms with E-state index in [-0.39, 0.29) is 77.7 Å². The van der Waals surface area contributed by atoms with E-state index in [4.69, 9.17) is 48.7 Å². The smallest absolute Gasteiger partial charge is 0.410 e. The van der Waals surface area contributed by atoms with Crippen LogP contribution in [-0.2, 0) is 95.0 Å². The highest BCUT2D eigenvalue weighted by Crippen LogP contribution is 2.33. The maximum atomic E-state index is 12.9. The lowest BCUT2D eigenvalue weighted by Crippen LogP contribution is -2.49. The maximum Gasteiger partial charge on any atom is 0.410 e. The van der Waals surface area contributed by atoms with E-state index in [2.05, 4.69) is 70.4 Å². The van der Waals surface area contributed by atoms with Crippen molar-refractivity contribution in [3.8, 4) is 0 Å². The fraction of sp³-hybridized carbons (Fsp3) is 0.411. The maximum absolute atomic E-state index is 12.9. The summed E-state index contributed by atoms with van der Waals surface area (Å²) in [4.78, 5) is 166. The van der Waals surface area contributed by atoms with E-state index in [0.717, 1.165) is 150 Å². The molecule has 2 fully saturated rings. The number of nitro benzene ring substituents is 2. The van der Waals surface area contributed by atoms with Gasteiger partial charge in [-0.3, -0.25) is 30.0 Å². The van der Waals surface area contributed by atoms with Crippen molar-refractivity contribution in [3.63, 3.8) is 0 Å².